The molecule has 0 radical (unpaired) electrons. The van der Waals surface area contributed by atoms with Crippen LogP contribution in [0.2, 0.25) is 0 Å². The van der Waals surface area contributed by atoms with Gasteiger partial charge in [0.2, 0.25) is 0 Å². The zero-order valence-electron chi connectivity index (χ0n) is 14.6. The van der Waals surface area contributed by atoms with E-state index in [0.717, 1.165) is 29.4 Å². The van der Waals surface area contributed by atoms with Crippen LogP contribution in [-0.2, 0) is 10.0 Å². The molecule has 0 spiro atoms. The third kappa shape index (κ3) is 4.10. The first-order chi connectivity index (χ1) is 11.9. The van der Waals surface area contributed by atoms with Crippen LogP contribution in [0.4, 0.5) is 11.6 Å². The van der Waals surface area contributed by atoms with Crippen LogP contribution < -0.4 is 10.2 Å². The number of nitrogens with zero attached hydrogens (tertiary/aromatic N) is 4. The number of piperidine rings is 1. The van der Waals surface area contributed by atoms with Crippen molar-refractivity contribution in [2.45, 2.75) is 30.0 Å². The van der Waals surface area contributed by atoms with E-state index >= 15 is 0 Å². The Labute approximate surface area is 152 Å². The van der Waals surface area contributed by atoms with Gasteiger partial charge in [-0.25, -0.2) is 18.4 Å². The number of aryl methyl sites for hydroxylation is 1. The number of nitrogens with one attached hydrogen (secondary N) is 1. The number of rotatable bonds is 5. The van der Waals surface area contributed by atoms with Crippen LogP contribution in [0.25, 0.3) is 0 Å². The molecule has 0 amide bonds. The van der Waals surface area contributed by atoms with Gasteiger partial charge in [-0.15, -0.1) is 11.3 Å². The lowest BCUT2D eigenvalue weighted by molar-refractivity contribution is 0.330. The Morgan fingerprint density at radius 2 is 1.96 bits per heavy atom. The highest BCUT2D eigenvalue weighted by Gasteiger charge is 2.30. The van der Waals surface area contributed by atoms with Crippen molar-refractivity contribution in [2.24, 2.45) is 0 Å². The van der Waals surface area contributed by atoms with Crippen LogP contribution in [0.1, 0.15) is 17.7 Å². The lowest BCUT2D eigenvalue weighted by Gasteiger charge is -2.31. The summed E-state index contributed by atoms with van der Waals surface area (Å²) in [5.74, 6) is 1.61. The predicted octanol–water partition coefficient (Wildman–Crippen LogP) is 2.18. The largest absolute Gasteiger partial charge is 0.367 e. The zero-order valence-corrected chi connectivity index (χ0v) is 16.3. The summed E-state index contributed by atoms with van der Waals surface area (Å²) in [7, 11) is 0.501. The fraction of sp³-hybridized carbons (Fsp3) is 0.500. The van der Waals surface area contributed by atoms with Crippen molar-refractivity contribution in [3.63, 3.8) is 0 Å². The molecule has 2 aromatic heterocycles. The van der Waals surface area contributed by atoms with Gasteiger partial charge in [-0.2, -0.15) is 4.31 Å². The molecule has 1 aliphatic rings. The summed E-state index contributed by atoms with van der Waals surface area (Å²) in [6.45, 7) is 2.95. The second-order valence-electron chi connectivity index (χ2n) is 6.34. The lowest BCUT2D eigenvalue weighted by Crippen LogP contribution is -2.42. The minimum Gasteiger partial charge on any atom is -0.367 e. The summed E-state index contributed by atoms with van der Waals surface area (Å²) >= 11 is 1.33. The molecule has 0 bridgehead atoms. The van der Waals surface area contributed by atoms with Crippen LogP contribution in [-0.4, -0.2) is 55.9 Å². The number of hydrogen-bond acceptors (Lipinski definition) is 7. The fourth-order valence-electron chi connectivity index (χ4n) is 2.80. The first kappa shape index (κ1) is 18.1. The quantitative estimate of drug-likeness (QED) is 0.855. The highest BCUT2D eigenvalue weighted by Crippen LogP contribution is 2.27. The number of hydrogen-bond donors (Lipinski definition) is 1. The molecule has 9 heteroatoms. The lowest BCUT2D eigenvalue weighted by atomic mass is 10.1. The minimum atomic E-state index is -3.36. The average molecular weight is 382 g/mol. The van der Waals surface area contributed by atoms with Gasteiger partial charge in [0.1, 0.15) is 22.2 Å². The summed E-state index contributed by atoms with van der Waals surface area (Å²) < 4.78 is 27.4. The highest BCUT2D eigenvalue weighted by atomic mass is 32.2. The fourth-order valence-corrected chi connectivity index (χ4v) is 5.71. The molecule has 3 rings (SSSR count). The Bertz CT molecular complexity index is 827. The monoisotopic (exact) mass is 381 g/mol. The van der Waals surface area contributed by atoms with E-state index in [1.54, 1.807) is 10.4 Å². The van der Waals surface area contributed by atoms with Crippen LogP contribution in [0.15, 0.2) is 28.7 Å². The molecule has 1 fully saturated rings. The molecule has 7 nitrogen and oxygen atoms in total. The van der Waals surface area contributed by atoms with Crippen LogP contribution in [0, 0.1) is 6.92 Å². The van der Waals surface area contributed by atoms with Crippen molar-refractivity contribution in [3.05, 3.63) is 29.4 Å². The van der Waals surface area contributed by atoms with E-state index in [9.17, 15) is 8.42 Å². The normalized spacial score (nSPS) is 16.8. The van der Waals surface area contributed by atoms with Crippen molar-refractivity contribution < 1.29 is 8.42 Å². The van der Waals surface area contributed by atoms with E-state index in [1.807, 2.05) is 38.1 Å². The molecule has 2 aromatic rings. The van der Waals surface area contributed by atoms with Gasteiger partial charge in [0, 0.05) is 44.2 Å². The number of sulfonamides is 1. The van der Waals surface area contributed by atoms with E-state index in [1.165, 1.54) is 17.7 Å². The molecule has 0 saturated carbocycles. The third-order valence-corrected chi connectivity index (χ3v) is 7.59. The van der Waals surface area contributed by atoms with E-state index in [-0.39, 0.29) is 6.04 Å². The minimum absolute atomic E-state index is 0.210. The molecule has 1 saturated heterocycles. The van der Waals surface area contributed by atoms with E-state index in [2.05, 4.69) is 15.3 Å². The molecule has 25 heavy (non-hydrogen) atoms. The molecule has 1 N–H and O–H groups in total. The summed E-state index contributed by atoms with van der Waals surface area (Å²) in [4.78, 5) is 11.4. The maximum atomic E-state index is 12.7. The Hall–Kier alpha value is -1.71. The van der Waals surface area contributed by atoms with E-state index in [4.69, 9.17) is 0 Å². The summed E-state index contributed by atoms with van der Waals surface area (Å²) in [5, 5.41) is 3.40. The van der Waals surface area contributed by atoms with Gasteiger partial charge in [0.15, 0.2) is 0 Å². The third-order valence-electron chi connectivity index (χ3n) is 4.23. The van der Waals surface area contributed by atoms with Crippen molar-refractivity contribution in [3.8, 4) is 0 Å². The van der Waals surface area contributed by atoms with Crippen LogP contribution in [0.5, 0.6) is 0 Å². The van der Waals surface area contributed by atoms with Crippen LogP contribution in [0.3, 0.4) is 0 Å². The number of thiophene rings is 1. The van der Waals surface area contributed by atoms with Gasteiger partial charge in [-0.3, -0.25) is 0 Å². The molecule has 0 atom stereocenters. The Balaban J connectivity index is 1.61. The number of anilines is 2. The second kappa shape index (κ2) is 7.27. The van der Waals surface area contributed by atoms with E-state index < -0.39 is 10.0 Å². The average Bonchev–Trinajstić information content (AvgIpc) is 3.03. The van der Waals surface area contributed by atoms with Crippen molar-refractivity contribution in [1.82, 2.24) is 14.3 Å². The van der Waals surface area contributed by atoms with Crippen molar-refractivity contribution in [1.29, 1.82) is 0 Å². The Morgan fingerprint density at radius 1 is 1.24 bits per heavy atom. The molecular formula is C16H23N5O2S2. The second-order valence-corrected chi connectivity index (χ2v) is 9.80. The first-order valence-electron chi connectivity index (χ1n) is 8.19. The van der Waals surface area contributed by atoms with Gasteiger partial charge >= 0.3 is 0 Å². The Morgan fingerprint density at radius 3 is 2.56 bits per heavy atom. The highest BCUT2D eigenvalue weighted by molar-refractivity contribution is 7.91. The SMILES string of the molecule is Cc1ccc(S(=O)(=O)N2CCC(Nc3cc(N(C)C)ncn3)CC2)s1. The van der Waals surface area contributed by atoms with Gasteiger partial charge in [0.05, 0.1) is 0 Å². The summed E-state index contributed by atoms with van der Waals surface area (Å²) in [6, 6.07) is 5.66. The van der Waals surface area contributed by atoms with E-state index in [0.29, 0.717) is 17.3 Å². The predicted molar refractivity (Wildman–Crippen MR) is 101 cm³/mol. The summed E-state index contributed by atoms with van der Waals surface area (Å²) in [6.07, 6.45) is 3.05. The van der Waals surface area contributed by atoms with Gasteiger partial charge < -0.3 is 10.2 Å². The van der Waals surface area contributed by atoms with Crippen molar-refractivity contribution in [2.75, 3.05) is 37.4 Å². The zero-order chi connectivity index (χ0) is 18.0. The topological polar surface area (TPSA) is 78.4 Å². The molecule has 0 aliphatic carbocycles. The molecule has 1 aliphatic heterocycles. The maximum absolute atomic E-state index is 12.7. The van der Waals surface area contributed by atoms with Gasteiger partial charge in [-0.1, -0.05) is 0 Å². The number of aromatic nitrogens is 2. The smallest absolute Gasteiger partial charge is 0.252 e. The van der Waals surface area contributed by atoms with Gasteiger partial charge in [0.25, 0.3) is 10.0 Å². The molecule has 0 unspecified atom stereocenters. The van der Waals surface area contributed by atoms with Crippen molar-refractivity contribution >= 4 is 33.0 Å². The molecular weight excluding hydrogens is 358 g/mol. The first-order valence-corrected chi connectivity index (χ1v) is 10.4. The molecule has 3 heterocycles. The van der Waals surface area contributed by atoms with Gasteiger partial charge in [-0.05, 0) is 31.9 Å². The summed E-state index contributed by atoms with van der Waals surface area (Å²) in [5.41, 5.74) is 0. The molecule has 136 valence electrons. The Kier molecular flexibility index (Phi) is 5.26. The maximum Gasteiger partial charge on any atom is 0.252 e. The van der Waals surface area contributed by atoms with Crippen LogP contribution >= 0.6 is 11.3 Å². The molecule has 0 aromatic carbocycles. The standard InChI is InChI=1S/C16H23N5O2S2/c1-12-4-5-16(24-12)25(22,23)21-8-6-13(7-9-21)19-14-10-15(20(2)3)18-11-17-14/h4-5,10-11,13H,6-9H2,1-3H3,(H,17,18,19).